The number of likely N-dealkylation sites (tertiary alicyclic amines) is 1. The number of aliphatic hydroxyl groups is 1. The van der Waals surface area contributed by atoms with E-state index in [4.69, 9.17) is 4.74 Å². The lowest BCUT2D eigenvalue weighted by Crippen LogP contribution is -2.57. The van der Waals surface area contributed by atoms with Crippen LogP contribution in [0.3, 0.4) is 0 Å². The second-order valence-electron chi connectivity index (χ2n) is 9.78. The summed E-state index contributed by atoms with van der Waals surface area (Å²) >= 11 is 0. The van der Waals surface area contributed by atoms with E-state index in [1.807, 2.05) is 39.0 Å². The van der Waals surface area contributed by atoms with Crippen LogP contribution in [0.5, 0.6) is 0 Å². The quantitative estimate of drug-likeness (QED) is 0.714. The van der Waals surface area contributed by atoms with E-state index in [-0.39, 0.29) is 24.1 Å². The molecule has 1 unspecified atom stereocenters. The third-order valence-electron chi connectivity index (χ3n) is 6.35. The minimum Gasteiger partial charge on any atom is -0.444 e. The van der Waals surface area contributed by atoms with E-state index in [9.17, 15) is 15.2 Å². The third-order valence-corrected chi connectivity index (χ3v) is 6.35. The lowest BCUT2D eigenvalue weighted by atomic mass is 9.96. The molecule has 2 fully saturated rings. The Bertz CT molecular complexity index is 993. The van der Waals surface area contributed by atoms with Crippen molar-refractivity contribution in [2.75, 3.05) is 0 Å². The van der Waals surface area contributed by atoms with Crippen LogP contribution < -0.4 is 5.32 Å². The van der Waals surface area contributed by atoms with Gasteiger partial charge in [-0.3, -0.25) is 10.2 Å². The number of nitrogens with zero attached hydrogens (tertiary/aromatic N) is 2. The first-order valence-electron chi connectivity index (χ1n) is 11.1. The number of hydrogen-bond donors (Lipinski definition) is 2. The van der Waals surface area contributed by atoms with Gasteiger partial charge in [-0.15, -0.1) is 0 Å². The van der Waals surface area contributed by atoms with Gasteiger partial charge in [0.05, 0.1) is 12.1 Å². The number of amides is 1. The molecule has 5 atom stereocenters. The summed E-state index contributed by atoms with van der Waals surface area (Å²) in [6.07, 6.45) is 1.92. The van der Waals surface area contributed by atoms with Crippen LogP contribution >= 0.6 is 0 Å². The number of carbonyl (C=O) groups is 1. The molecule has 31 heavy (non-hydrogen) atoms. The van der Waals surface area contributed by atoms with Crippen molar-refractivity contribution in [3.05, 3.63) is 48.0 Å². The lowest BCUT2D eigenvalue weighted by Gasteiger charge is -2.39. The highest BCUT2D eigenvalue weighted by Crippen LogP contribution is 2.44. The van der Waals surface area contributed by atoms with Gasteiger partial charge in [-0.25, -0.2) is 4.79 Å². The van der Waals surface area contributed by atoms with Gasteiger partial charge >= 0.3 is 6.09 Å². The van der Waals surface area contributed by atoms with E-state index < -0.39 is 17.9 Å². The fourth-order valence-corrected chi connectivity index (χ4v) is 5.07. The van der Waals surface area contributed by atoms with Crippen LogP contribution in [0.1, 0.15) is 45.6 Å². The number of rotatable bonds is 5. The molecule has 1 amide bonds. The average Bonchev–Trinajstić information content (AvgIpc) is 3.33. The number of nitriles is 1. The molecular formula is C25H31N3O3. The molecule has 4 rings (SSSR count). The minimum absolute atomic E-state index is 0.0994. The molecule has 2 aliphatic rings. The van der Waals surface area contributed by atoms with E-state index in [0.717, 1.165) is 35.6 Å². The van der Waals surface area contributed by atoms with E-state index >= 15 is 0 Å². The summed E-state index contributed by atoms with van der Waals surface area (Å²) in [5.41, 5.74) is 0.439. The predicted molar refractivity (Wildman–Crippen MR) is 119 cm³/mol. The van der Waals surface area contributed by atoms with Crippen LogP contribution in [0.15, 0.2) is 42.5 Å². The van der Waals surface area contributed by atoms with Gasteiger partial charge in [-0.1, -0.05) is 42.5 Å². The molecule has 6 nitrogen and oxygen atoms in total. The molecule has 1 saturated heterocycles. The van der Waals surface area contributed by atoms with E-state index in [1.165, 1.54) is 0 Å². The predicted octanol–water partition coefficient (Wildman–Crippen LogP) is 3.97. The van der Waals surface area contributed by atoms with Crippen molar-refractivity contribution in [1.29, 1.82) is 5.26 Å². The largest absolute Gasteiger partial charge is 0.444 e. The Morgan fingerprint density at radius 3 is 2.71 bits per heavy atom. The summed E-state index contributed by atoms with van der Waals surface area (Å²) < 4.78 is 5.61. The van der Waals surface area contributed by atoms with Crippen molar-refractivity contribution in [3.8, 4) is 6.07 Å². The first-order chi connectivity index (χ1) is 14.7. The molecule has 1 aliphatic heterocycles. The number of carbonyl (C=O) groups excluding carboxylic acids is 1. The molecule has 1 aliphatic carbocycles. The van der Waals surface area contributed by atoms with E-state index in [1.54, 1.807) is 4.90 Å². The van der Waals surface area contributed by atoms with Crippen molar-refractivity contribution < 1.29 is 14.6 Å². The van der Waals surface area contributed by atoms with Crippen molar-refractivity contribution in [1.82, 2.24) is 10.2 Å². The number of ether oxygens (including phenoxy) is 1. The fraction of sp³-hybridized carbons (Fsp3) is 0.520. The Labute approximate surface area is 183 Å². The molecule has 0 spiro atoms. The van der Waals surface area contributed by atoms with Gasteiger partial charge < -0.3 is 9.84 Å². The highest BCUT2D eigenvalue weighted by Gasteiger charge is 2.52. The summed E-state index contributed by atoms with van der Waals surface area (Å²) in [6.45, 7) is 5.54. The first kappa shape index (κ1) is 21.6. The lowest BCUT2D eigenvalue weighted by molar-refractivity contribution is -0.0283. The van der Waals surface area contributed by atoms with Crippen LogP contribution in [-0.4, -0.2) is 46.1 Å². The Balaban J connectivity index is 1.46. The number of nitrogens with one attached hydrogen (secondary N) is 1. The van der Waals surface area contributed by atoms with Gasteiger partial charge in [0.15, 0.2) is 0 Å². The minimum atomic E-state index is -0.979. The van der Waals surface area contributed by atoms with E-state index in [0.29, 0.717) is 6.42 Å². The Morgan fingerprint density at radius 2 is 2.00 bits per heavy atom. The Kier molecular flexibility index (Phi) is 5.92. The standard InChI is InChI=1S/C25H31N3O3/c1-25(2,3)31-24(30)28-21-11-10-19(14-21)22(28)23(29)27-20(15-26)13-16-8-9-17-6-4-5-7-18(17)12-16/h4-9,12,19-23,27,29H,10-11,13-14H2,1-3H3/t19-,20-,21+,22-,23?/m0/s1. The van der Waals surface area contributed by atoms with Crippen LogP contribution in [0, 0.1) is 17.2 Å². The van der Waals surface area contributed by atoms with Crippen molar-refractivity contribution in [3.63, 3.8) is 0 Å². The van der Waals surface area contributed by atoms with Gasteiger partial charge in [0.1, 0.15) is 17.9 Å². The summed E-state index contributed by atoms with van der Waals surface area (Å²) in [6, 6.07) is 15.7. The highest BCUT2D eigenvalue weighted by atomic mass is 16.6. The van der Waals surface area contributed by atoms with E-state index in [2.05, 4.69) is 35.7 Å². The second-order valence-corrected chi connectivity index (χ2v) is 9.78. The van der Waals surface area contributed by atoms with Gasteiger partial charge in [0.25, 0.3) is 0 Å². The van der Waals surface area contributed by atoms with Crippen LogP contribution in [-0.2, 0) is 11.2 Å². The number of benzene rings is 2. The van der Waals surface area contributed by atoms with Gasteiger partial charge in [-0.2, -0.15) is 5.26 Å². The monoisotopic (exact) mass is 421 g/mol. The summed E-state index contributed by atoms with van der Waals surface area (Å²) in [5.74, 6) is 0.222. The molecule has 6 heteroatoms. The molecule has 2 N–H and O–H groups in total. The molecule has 1 saturated carbocycles. The maximum atomic E-state index is 12.8. The Hall–Kier alpha value is -2.62. The zero-order chi connectivity index (χ0) is 22.2. The molecule has 0 aromatic heterocycles. The van der Waals surface area contributed by atoms with Gasteiger partial charge in [0, 0.05) is 12.5 Å². The van der Waals surface area contributed by atoms with Crippen molar-refractivity contribution in [2.24, 2.45) is 5.92 Å². The molecular weight excluding hydrogens is 390 g/mol. The van der Waals surface area contributed by atoms with Crippen LogP contribution in [0.25, 0.3) is 10.8 Å². The molecule has 2 aromatic rings. The average molecular weight is 422 g/mol. The number of piperidine rings is 1. The van der Waals surface area contributed by atoms with Crippen LogP contribution in [0.4, 0.5) is 4.79 Å². The number of hydrogen-bond acceptors (Lipinski definition) is 5. The molecule has 2 aromatic carbocycles. The summed E-state index contributed by atoms with van der Waals surface area (Å²) in [7, 11) is 0. The highest BCUT2D eigenvalue weighted by molar-refractivity contribution is 5.83. The van der Waals surface area contributed by atoms with Gasteiger partial charge in [-0.05, 0) is 62.3 Å². The summed E-state index contributed by atoms with van der Waals surface area (Å²) in [4.78, 5) is 14.5. The maximum absolute atomic E-state index is 12.8. The van der Waals surface area contributed by atoms with Crippen molar-refractivity contribution in [2.45, 2.75) is 76.4 Å². The normalized spacial score (nSPS) is 24.7. The van der Waals surface area contributed by atoms with Crippen LogP contribution in [0.2, 0.25) is 0 Å². The van der Waals surface area contributed by atoms with Crippen molar-refractivity contribution >= 4 is 16.9 Å². The summed E-state index contributed by atoms with van der Waals surface area (Å²) in [5, 5.41) is 26.1. The SMILES string of the molecule is CC(C)(C)OC(=O)N1[C@@H]2CC[C@@H](C2)[C@H]1C(O)N[C@H](C#N)Cc1ccc2ccccc2c1. The molecule has 1 heterocycles. The zero-order valence-electron chi connectivity index (χ0n) is 18.4. The molecule has 0 radical (unpaired) electrons. The first-order valence-corrected chi connectivity index (χ1v) is 11.1. The topological polar surface area (TPSA) is 85.6 Å². The molecule has 2 bridgehead atoms. The molecule has 164 valence electrons. The smallest absolute Gasteiger partial charge is 0.410 e. The van der Waals surface area contributed by atoms with Gasteiger partial charge in [0.2, 0.25) is 0 Å². The fourth-order valence-electron chi connectivity index (χ4n) is 5.07. The third kappa shape index (κ3) is 4.68. The maximum Gasteiger partial charge on any atom is 0.410 e. The number of fused-ring (bicyclic) bond motifs is 3. The zero-order valence-corrected chi connectivity index (χ0v) is 18.4. The second kappa shape index (κ2) is 8.49. The Morgan fingerprint density at radius 1 is 1.26 bits per heavy atom. The number of aliphatic hydroxyl groups excluding tert-OH is 1.